The molecule has 0 spiro atoms. The average Bonchev–Trinajstić information content (AvgIpc) is 3.25. The van der Waals surface area contributed by atoms with Crippen molar-refractivity contribution >= 4 is 26.7 Å². The van der Waals surface area contributed by atoms with Gasteiger partial charge in [0.2, 0.25) is 15.9 Å². The Hall–Kier alpha value is -2.70. The Bertz CT molecular complexity index is 1130. The molecule has 0 saturated carbocycles. The largest absolute Gasteiger partial charge is 0.348 e. The summed E-state index contributed by atoms with van der Waals surface area (Å²) in [5.41, 5.74) is 0.989. The van der Waals surface area contributed by atoms with E-state index >= 15 is 0 Å². The fraction of sp³-hybridized carbons (Fsp3) is 0.261. The minimum Gasteiger partial charge on any atom is -0.348 e. The van der Waals surface area contributed by atoms with E-state index in [1.54, 1.807) is 12.1 Å². The van der Waals surface area contributed by atoms with Crippen LogP contribution in [0.3, 0.4) is 0 Å². The van der Waals surface area contributed by atoms with E-state index in [1.165, 1.54) is 4.31 Å². The number of sulfonamides is 1. The van der Waals surface area contributed by atoms with Gasteiger partial charge >= 0.3 is 0 Å². The van der Waals surface area contributed by atoms with E-state index < -0.39 is 16.1 Å². The first-order valence-corrected chi connectivity index (χ1v) is 11.3. The van der Waals surface area contributed by atoms with Crippen LogP contribution in [0.15, 0.2) is 77.7 Å². The van der Waals surface area contributed by atoms with Crippen LogP contribution in [-0.2, 0) is 14.8 Å². The van der Waals surface area contributed by atoms with Crippen LogP contribution in [0.1, 0.15) is 31.4 Å². The van der Waals surface area contributed by atoms with Gasteiger partial charge in [-0.1, -0.05) is 60.7 Å². The fourth-order valence-corrected chi connectivity index (χ4v) is 5.58. The number of carbonyl (C=O) groups is 1. The Morgan fingerprint density at radius 1 is 1.00 bits per heavy atom. The molecule has 150 valence electrons. The third-order valence-electron chi connectivity index (χ3n) is 5.49. The van der Waals surface area contributed by atoms with Crippen molar-refractivity contribution in [2.24, 2.45) is 0 Å². The van der Waals surface area contributed by atoms with Gasteiger partial charge in [-0.15, -0.1) is 0 Å². The zero-order chi connectivity index (χ0) is 20.4. The summed E-state index contributed by atoms with van der Waals surface area (Å²) in [4.78, 5) is 13.1. The van der Waals surface area contributed by atoms with E-state index in [0.717, 1.165) is 16.3 Å². The lowest BCUT2D eigenvalue weighted by molar-refractivity contribution is -0.124. The molecule has 29 heavy (non-hydrogen) atoms. The first-order chi connectivity index (χ1) is 14.0. The monoisotopic (exact) mass is 408 g/mol. The molecule has 1 amide bonds. The molecule has 1 N–H and O–H groups in total. The first-order valence-electron chi connectivity index (χ1n) is 9.83. The molecule has 0 unspecified atom stereocenters. The second-order valence-electron chi connectivity index (χ2n) is 7.42. The van der Waals surface area contributed by atoms with E-state index in [-0.39, 0.29) is 16.8 Å². The van der Waals surface area contributed by atoms with Gasteiger partial charge < -0.3 is 5.32 Å². The van der Waals surface area contributed by atoms with Crippen LogP contribution in [0.5, 0.6) is 0 Å². The number of benzene rings is 3. The van der Waals surface area contributed by atoms with E-state index in [2.05, 4.69) is 5.32 Å². The van der Waals surface area contributed by atoms with Crippen LogP contribution in [0.2, 0.25) is 0 Å². The molecule has 2 atom stereocenters. The average molecular weight is 409 g/mol. The van der Waals surface area contributed by atoms with Crippen molar-refractivity contribution in [3.05, 3.63) is 78.4 Å². The van der Waals surface area contributed by atoms with E-state index in [0.29, 0.717) is 19.4 Å². The van der Waals surface area contributed by atoms with Gasteiger partial charge in [0.15, 0.2) is 0 Å². The quantitative estimate of drug-likeness (QED) is 0.697. The predicted molar refractivity (Wildman–Crippen MR) is 114 cm³/mol. The van der Waals surface area contributed by atoms with Gasteiger partial charge in [-0.3, -0.25) is 4.79 Å². The van der Waals surface area contributed by atoms with Crippen LogP contribution in [-0.4, -0.2) is 31.2 Å². The number of hydrogen-bond donors (Lipinski definition) is 1. The molecule has 1 aliphatic heterocycles. The standard InChI is InChI=1S/C23H24N2O3S/c1-17(18-8-3-2-4-9-18)24-23(26)22-12-7-15-25(22)29(27,28)21-14-13-19-10-5-6-11-20(19)16-21/h2-6,8-11,13-14,16-17,22H,7,12,15H2,1H3,(H,24,26)/t17-,22-/m0/s1. The van der Waals surface area contributed by atoms with E-state index in [4.69, 9.17) is 0 Å². The van der Waals surface area contributed by atoms with Crippen molar-refractivity contribution in [1.82, 2.24) is 9.62 Å². The molecule has 5 nitrogen and oxygen atoms in total. The van der Waals surface area contributed by atoms with Gasteiger partial charge in [-0.05, 0) is 48.2 Å². The molecular formula is C23H24N2O3S. The van der Waals surface area contributed by atoms with Gasteiger partial charge in [0.05, 0.1) is 10.9 Å². The first kappa shape index (κ1) is 19.6. The lowest BCUT2D eigenvalue weighted by Crippen LogP contribution is -2.46. The van der Waals surface area contributed by atoms with Crippen LogP contribution < -0.4 is 5.32 Å². The highest BCUT2D eigenvalue weighted by molar-refractivity contribution is 7.89. The normalized spacial score (nSPS) is 18.6. The van der Waals surface area contributed by atoms with Crippen LogP contribution in [0.25, 0.3) is 10.8 Å². The second-order valence-corrected chi connectivity index (χ2v) is 9.31. The molecule has 3 aromatic carbocycles. The van der Waals surface area contributed by atoms with E-state index in [9.17, 15) is 13.2 Å². The van der Waals surface area contributed by atoms with Crippen LogP contribution in [0, 0.1) is 0 Å². The highest BCUT2D eigenvalue weighted by atomic mass is 32.2. The minimum atomic E-state index is -3.75. The highest BCUT2D eigenvalue weighted by Crippen LogP contribution is 2.28. The Balaban J connectivity index is 1.57. The topological polar surface area (TPSA) is 66.5 Å². The van der Waals surface area contributed by atoms with Gasteiger partial charge in [0, 0.05) is 6.54 Å². The number of nitrogens with one attached hydrogen (secondary N) is 1. The summed E-state index contributed by atoms with van der Waals surface area (Å²) >= 11 is 0. The van der Waals surface area contributed by atoms with Gasteiger partial charge in [-0.2, -0.15) is 4.31 Å². The third-order valence-corrected chi connectivity index (χ3v) is 7.40. The van der Waals surface area contributed by atoms with Crippen molar-refractivity contribution in [2.45, 2.75) is 36.7 Å². The van der Waals surface area contributed by atoms with Gasteiger partial charge in [-0.25, -0.2) is 8.42 Å². The third kappa shape index (κ3) is 3.91. The van der Waals surface area contributed by atoms with E-state index in [1.807, 2.05) is 67.6 Å². The zero-order valence-corrected chi connectivity index (χ0v) is 17.1. The smallest absolute Gasteiger partial charge is 0.243 e. The molecule has 4 rings (SSSR count). The van der Waals surface area contributed by atoms with Crippen molar-refractivity contribution in [3.63, 3.8) is 0 Å². The summed E-state index contributed by atoms with van der Waals surface area (Å²) in [6.45, 7) is 2.26. The highest BCUT2D eigenvalue weighted by Gasteiger charge is 2.39. The number of rotatable bonds is 5. The van der Waals surface area contributed by atoms with Crippen molar-refractivity contribution in [1.29, 1.82) is 0 Å². The second kappa shape index (κ2) is 7.97. The number of hydrogen-bond acceptors (Lipinski definition) is 3. The van der Waals surface area contributed by atoms with Crippen LogP contribution in [0.4, 0.5) is 0 Å². The Morgan fingerprint density at radius 3 is 2.45 bits per heavy atom. The summed E-state index contributed by atoms with van der Waals surface area (Å²) in [6.07, 6.45) is 1.20. The van der Waals surface area contributed by atoms with Crippen molar-refractivity contribution < 1.29 is 13.2 Å². The van der Waals surface area contributed by atoms with Gasteiger partial charge in [0.1, 0.15) is 6.04 Å². The minimum absolute atomic E-state index is 0.186. The molecular weight excluding hydrogens is 384 g/mol. The lowest BCUT2D eigenvalue weighted by atomic mass is 10.1. The molecule has 0 aromatic heterocycles. The lowest BCUT2D eigenvalue weighted by Gasteiger charge is -2.25. The predicted octanol–water partition coefficient (Wildman–Crippen LogP) is 3.87. The summed E-state index contributed by atoms with van der Waals surface area (Å²) in [6, 6.07) is 21.6. The SMILES string of the molecule is C[C@H](NC(=O)[C@@H]1CCCN1S(=O)(=O)c1ccc2ccccc2c1)c1ccccc1. The molecule has 1 fully saturated rings. The number of nitrogens with zero attached hydrogens (tertiary/aromatic N) is 1. The number of fused-ring (bicyclic) bond motifs is 1. The molecule has 0 bridgehead atoms. The molecule has 1 aliphatic rings. The maximum absolute atomic E-state index is 13.3. The maximum atomic E-state index is 13.3. The number of carbonyl (C=O) groups excluding carboxylic acids is 1. The van der Waals surface area contributed by atoms with Crippen molar-refractivity contribution in [3.8, 4) is 0 Å². The van der Waals surface area contributed by atoms with Crippen molar-refractivity contribution in [2.75, 3.05) is 6.54 Å². The summed E-state index contributed by atoms with van der Waals surface area (Å²) in [5, 5.41) is 4.83. The van der Waals surface area contributed by atoms with Crippen LogP contribution >= 0.6 is 0 Å². The molecule has 3 aromatic rings. The summed E-state index contributed by atoms with van der Waals surface area (Å²) < 4.78 is 27.9. The molecule has 6 heteroatoms. The Morgan fingerprint density at radius 2 is 1.69 bits per heavy atom. The molecule has 1 heterocycles. The zero-order valence-electron chi connectivity index (χ0n) is 16.3. The summed E-state index contributed by atoms with van der Waals surface area (Å²) in [5.74, 6) is -0.247. The fourth-order valence-electron chi connectivity index (χ4n) is 3.89. The molecule has 0 radical (unpaired) electrons. The molecule has 0 aliphatic carbocycles. The molecule has 1 saturated heterocycles. The Labute approximate surface area is 171 Å². The summed E-state index contributed by atoms with van der Waals surface area (Å²) in [7, 11) is -3.75. The maximum Gasteiger partial charge on any atom is 0.243 e. The Kier molecular flexibility index (Phi) is 5.39. The number of amides is 1. The van der Waals surface area contributed by atoms with Gasteiger partial charge in [0.25, 0.3) is 0 Å².